The van der Waals surface area contributed by atoms with Crippen molar-refractivity contribution in [2.75, 3.05) is 5.32 Å². The Hall–Kier alpha value is -3.63. The van der Waals surface area contributed by atoms with Crippen LogP contribution in [0, 0.1) is 5.82 Å². The van der Waals surface area contributed by atoms with Gasteiger partial charge in [0.05, 0.1) is 18.4 Å². The fraction of sp³-hybridized carbons (Fsp3) is 0.176. The number of hydrogen-bond acceptors (Lipinski definition) is 6. The summed E-state index contributed by atoms with van der Waals surface area (Å²) < 4.78 is 43.5. The van der Waals surface area contributed by atoms with E-state index in [9.17, 15) is 13.2 Å². The molecule has 0 fully saturated rings. The number of halogens is 3. The van der Waals surface area contributed by atoms with Crippen LogP contribution in [0.25, 0.3) is 11.2 Å². The summed E-state index contributed by atoms with van der Waals surface area (Å²) in [7, 11) is 0. The third-order valence-electron chi connectivity index (χ3n) is 4.05. The third-order valence-corrected chi connectivity index (χ3v) is 4.05. The average Bonchev–Trinajstić information content (AvgIpc) is 3.28. The minimum Gasteiger partial charge on any atom is -0.417 e. The molecule has 3 aromatic heterocycles. The van der Waals surface area contributed by atoms with Crippen molar-refractivity contribution in [3.63, 3.8) is 0 Å². The molecule has 0 saturated carbocycles. The Balaban J connectivity index is 1.60. The molecule has 0 bridgehead atoms. The van der Waals surface area contributed by atoms with E-state index in [4.69, 9.17) is 0 Å². The molecule has 1 atom stereocenters. The molecule has 0 aliphatic carbocycles. The molecule has 0 aliphatic heterocycles. The highest BCUT2D eigenvalue weighted by atomic mass is 19.3. The van der Waals surface area contributed by atoms with Crippen molar-refractivity contribution < 1.29 is 17.9 Å². The van der Waals surface area contributed by atoms with E-state index in [1.807, 2.05) is 6.92 Å². The van der Waals surface area contributed by atoms with Crippen molar-refractivity contribution in [2.45, 2.75) is 19.6 Å². The number of nitrogens with one attached hydrogen (secondary N) is 2. The normalized spacial score (nSPS) is 12.5. The zero-order valence-corrected chi connectivity index (χ0v) is 14.5. The van der Waals surface area contributed by atoms with E-state index in [1.54, 1.807) is 23.0 Å². The fourth-order valence-electron chi connectivity index (χ4n) is 2.70. The first kappa shape index (κ1) is 17.8. The van der Waals surface area contributed by atoms with Gasteiger partial charge in [-0.15, -0.1) is 0 Å². The molecule has 0 aliphatic rings. The highest BCUT2D eigenvalue weighted by Crippen LogP contribution is 2.23. The molecule has 4 aromatic rings. The Kier molecular flexibility index (Phi) is 4.55. The van der Waals surface area contributed by atoms with Crippen LogP contribution >= 0.6 is 0 Å². The molecule has 0 unspecified atom stereocenters. The second kappa shape index (κ2) is 7.18. The van der Waals surface area contributed by atoms with Crippen molar-refractivity contribution in [3.05, 3.63) is 54.1 Å². The maximum absolute atomic E-state index is 13.2. The fourth-order valence-corrected chi connectivity index (χ4v) is 2.70. The Morgan fingerprint density at radius 3 is 2.68 bits per heavy atom. The van der Waals surface area contributed by atoms with Gasteiger partial charge in [-0.3, -0.25) is 0 Å². The third kappa shape index (κ3) is 3.59. The van der Waals surface area contributed by atoms with Crippen molar-refractivity contribution in [1.82, 2.24) is 29.9 Å². The lowest BCUT2D eigenvalue weighted by Gasteiger charge is -2.13. The zero-order valence-electron chi connectivity index (χ0n) is 14.5. The van der Waals surface area contributed by atoms with Crippen molar-refractivity contribution in [2.24, 2.45) is 0 Å². The predicted molar refractivity (Wildman–Crippen MR) is 94.0 cm³/mol. The number of nitrogens with zero attached hydrogens (tertiary/aromatic N) is 5. The van der Waals surface area contributed by atoms with E-state index in [1.165, 1.54) is 24.4 Å². The maximum atomic E-state index is 13.2. The van der Waals surface area contributed by atoms with Crippen LogP contribution in [0.4, 0.5) is 24.8 Å². The number of rotatable bonds is 6. The van der Waals surface area contributed by atoms with Gasteiger partial charge < -0.3 is 10.1 Å². The minimum absolute atomic E-state index is 0.179. The molecule has 0 amide bonds. The van der Waals surface area contributed by atoms with E-state index in [0.29, 0.717) is 17.0 Å². The van der Waals surface area contributed by atoms with Crippen molar-refractivity contribution in [1.29, 1.82) is 0 Å². The number of anilines is 2. The van der Waals surface area contributed by atoms with Crippen LogP contribution in [-0.4, -0.2) is 36.6 Å². The lowest BCUT2D eigenvalue weighted by molar-refractivity contribution is -0.0528. The Morgan fingerprint density at radius 1 is 1.14 bits per heavy atom. The smallest absolute Gasteiger partial charge is 0.388 e. The van der Waals surface area contributed by atoms with Crippen LogP contribution < -0.4 is 10.1 Å². The summed E-state index contributed by atoms with van der Waals surface area (Å²) in [5, 5.41) is 13.3. The summed E-state index contributed by atoms with van der Waals surface area (Å²) in [6, 6.07) is 7.18. The van der Waals surface area contributed by atoms with Crippen LogP contribution in [0.3, 0.4) is 0 Å². The number of aromatic nitrogens is 6. The highest BCUT2D eigenvalue weighted by molar-refractivity contribution is 5.72. The SMILES string of the molecule is C[C@@H](c1ccc(F)cc1)n1ncc2ncc(Nc3cc(OC(F)F)[nH]n3)nc21. The van der Waals surface area contributed by atoms with Gasteiger partial charge in [0.2, 0.25) is 5.88 Å². The maximum Gasteiger partial charge on any atom is 0.388 e. The first-order valence-electron chi connectivity index (χ1n) is 8.22. The van der Waals surface area contributed by atoms with Crippen LogP contribution in [0.15, 0.2) is 42.7 Å². The van der Waals surface area contributed by atoms with Crippen LogP contribution in [0.2, 0.25) is 0 Å². The molecule has 0 saturated heterocycles. The molecule has 1 aromatic carbocycles. The molecule has 3 heterocycles. The van der Waals surface area contributed by atoms with Gasteiger partial charge in [0.1, 0.15) is 11.3 Å². The number of benzene rings is 1. The lowest BCUT2D eigenvalue weighted by Crippen LogP contribution is -2.09. The van der Waals surface area contributed by atoms with Crippen LogP contribution in [-0.2, 0) is 0 Å². The lowest BCUT2D eigenvalue weighted by atomic mass is 10.1. The average molecular weight is 389 g/mol. The number of alkyl halides is 2. The molecular formula is C17H14F3N7O. The van der Waals surface area contributed by atoms with Gasteiger partial charge in [-0.05, 0) is 24.6 Å². The number of hydrogen-bond donors (Lipinski definition) is 2. The highest BCUT2D eigenvalue weighted by Gasteiger charge is 2.15. The van der Waals surface area contributed by atoms with Gasteiger partial charge in [0.15, 0.2) is 17.3 Å². The van der Waals surface area contributed by atoms with Gasteiger partial charge in [0, 0.05) is 6.07 Å². The summed E-state index contributed by atoms with van der Waals surface area (Å²) in [6.45, 7) is -1.05. The van der Waals surface area contributed by atoms with Gasteiger partial charge in [0.25, 0.3) is 0 Å². The monoisotopic (exact) mass is 389 g/mol. The zero-order chi connectivity index (χ0) is 19.7. The standard InChI is InChI=1S/C17H14F3N7O/c1-9(10-2-4-11(18)5-3-10)27-16-12(7-22-27)21-8-14(24-16)23-13-6-15(26-25-13)28-17(19)20/h2-9,17H,1H3,(H2,23,24,25,26)/t9-/m0/s1. The minimum atomic E-state index is -2.95. The predicted octanol–water partition coefficient (Wildman–Crippen LogP) is 3.64. The van der Waals surface area contributed by atoms with Crippen LogP contribution in [0.5, 0.6) is 5.88 Å². The summed E-state index contributed by atoms with van der Waals surface area (Å²) >= 11 is 0. The Morgan fingerprint density at radius 2 is 1.93 bits per heavy atom. The van der Waals surface area contributed by atoms with Gasteiger partial charge in [-0.1, -0.05) is 12.1 Å². The van der Waals surface area contributed by atoms with Crippen LogP contribution in [0.1, 0.15) is 18.5 Å². The number of aromatic amines is 1. The number of H-pyrrole nitrogens is 1. The molecule has 0 radical (unpaired) electrons. The summed E-state index contributed by atoms with van der Waals surface area (Å²) in [5.41, 5.74) is 1.93. The summed E-state index contributed by atoms with van der Waals surface area (Å²) in [4.78, 5) is 8.76. The molecule has 2 N–H and O–H groups in total. The van der Waals surface area contributed by atoms with E-state index >= 15 is 0 Å². The van der Waals surface area contributed by atoms with Crippen molar-refractivity contribution in [3.8, 4) is 5.88 Å². The molecular weight excluding hydrogens is 375 g/mol. The largest absolute Gasteiger partial charge is 0.417 e. The quantitative estimate of drug-likeness (QED) is 0.523. The topological polar surface area (TPSA) is 93.5 Å². The van der Waals surface area contributed by atoms with Gasteiger partial charge in [-0.2, -0.15) is 19.0 Å². The Labute approximate surface area is 156 Å². The molecule has 4 rings (SSSR count). The second-order valence-corrected chi connectivity index (χ2v) is 5.90. The summed E-state index contributed by atoms with van der Waals surface area (Å²) in [5.74, 6) is 0.0841. The molecule has 8 nitrogen and oxygen atoms in total. The second-order valence-electron chi connectivity index (χ2n) is 5.90. The van der Waals surface area contributed by atoms with E-state index in [0.717, 1.165) is 5.56 Å². The Bertz CT molecular complexity index is 1090. The number of fused-ring (bicyclic) bond motifs is 1. The number of ether oxygens (including phenoxy) is 1. The van der Waals surface area contributed by atoms with E-state index in [2.05, 4.69) is 35.3 Å². The molecule has 28 heavy (non-hydrogen) atoms. The first-order valence-corrected chi connectivity index (χ1v) is 8.22. The van der Waals surface area contributed by atoms with E-state index in [-0.39, 0.29) is 23.6 Å². The first-order chi connectivity index (χ1) is 13.5. The van der Waals surface area contributed by atoms with Gasteiger partial charge >= 0.3 is 6.61 Å². The summed E-state index contributed by atoms with van der Waals surface area (Å²) in [6.07, 6.45) is 3.05. The van der Waals surface area contributed by atoms with Gasteiger partial charge in [-0.25, -0.2) is 24.1 Å². The molecule has 0 spiro atoms. The molecule has 11 heteroatoms. The van der Waals surface area contributed by atoms with E-state index < -0.39 is 6.61 Å². The van der Waals surface area contributed by atoms with Crippen molar-refractivity contribution >= 4 is 22.8 Å². The molecule has 144 valence electrons.